The maximum atomic E-state index is 13.6. The first-order valence-electron chi connectivity index (χ1n) is 11.9. The number of alkyl halides is 3. The average Bonchev–Trinajstić information content (AvgIpc) is 3.02. The highest BCUT2D eigenvalue weighted by atomic mass is 19.4. The van der Waals surface area contributed by atoms with Gasteiger partial charge < -0.3 is 16.4 Å². The van der Waals surface area contributed by atoms with Crippen LogP contribution in [0.25, 0.3) is 0 Å². The van der Waals surface area contributed by atoms with E-state index in [1.807, 2.05) is 6.07 Å². The van der Waals surface area contributed by atoms with Crippen molar-refractivity contribution in [3.63, 3.8) is 0 Å². The molecule has 3 atom stereocenters. The van der Waals surface area contributed by atoms with Crippen LogP contribution in [0.3, 0.4) is 0 Å². The van der Waals surface area contributed by atoms with Gasteiger partial charge in [-0.15, -0.1) is 0 Å². The molecule has 1 aliphatic rings. The minimum Gasteiger partial charge on any atom is -0.369 e. The van der Waals surface area contributed by atoms with E-state index < -0.39 is 54.7 Å². The van der Waals surface area contributed by atoms with Crippen LogP contribution in [0.1, 0.15) is 35.4 Å². The molecule has 0 saturated heterocycles. The highest BCUT2D eigenvalue weighted by Gasteiger charge is 2.39. The maximum Gasteiger partial charge on any atom is 0.389 e. The van der Waals surface area contributed by atoms with Crippen molar-refractivity contribution in [3.05, 3.63) is 102 Å². The number of rotatable bonds is 8. The van der Waals surface area contributed by atoms with E-state index in [0.717, 1.165) is 0 Å². The Bertz CT molecular complexity index is 1340. The minimum absolute atomic E-state index is 0.292. The zero-order valence-corrected chi connectivity index (χ0v) is 20.1. The molecule has 38 heavy (non-hydrogen) atoms. The molecule has 10 heteroatoms. The molecular formula is C28H25F3N4O3. The molecule has 7 nitrogen and oxygen atoms in total. The number of anilines is 1. The maximum absolute atomic E-state index is 13.6. The molecule has 4 N–H and O–H groups in total. The summed E-state index contributed by atoms with van der Waals surface area (Å²) < 4.78 is 39.1. The number of primary amides is 1. The zero-order chi connectivity index (χ0) is 27.3. The molecule has 196 valence electrons. The smallest absolute Gasteiger partial charge is 0.369 e. The Morgan fingerprint density at radius 2 is 1.55 bits per heavy atom. The number of benzodiazepines with no additional fused rings is 1. The highest BCUT2D eigenvalue weighted by Crippen LogP contribution is 2.33. The molecule has 0 radical (unpaired) electrons. The van der Waals surface area contributed by atoms with Gasteiger partial charge in [-0.05, 0) is 18.1 Å². The third-order valence-corrected chi connectivity index (χ3v) is 6.22. The number of aliphatic imine (C=N–C) groups is 1. The Hall–Kier alpha value is -4.47. The first kappa shape index (κ1) is 26.6. The fourth-order valence-corrected chi connectivity index (χ4v) is 4.42. The van der Waals surface area contributed by atoms with Crippen LogP contribution in [0.15, 0.2) is 89.9 Å². The summed E-state index contributed by atoms with van der Waals surface area (Å²) in [5.41, 5.74) is 8.02. The van der Waals surface area contributed by atoms with Crippen molar-refractivity contribution in [1.29, 1.82) is 0 Å². The largest absolute Gasteiger partial charge is 0.389 e. The van der Waals surface area contributed by atoms with Crippen LogP contribution in [-0.2, 0) is 14.4 Å². The number of nitrogens with zero attached hydrogens (tertiary/aromatic N) is 1. The molecule has 3 amide bonds. The number of carbonyl (C=O) groups excluding carboxylic acids is 3. The van der Waals surface area contributed by atoms with Crippen LogP contribution in [0.5, 0.6) is 0 Å². The summed E-state index contributed by atoms with van der Waals surface area (Å²) in [7, 11) is 0. The number of fused-ring (bicyclic) bond motifs is 1. The van der Waals surface area contributed by atoms with Gasteiger partial charge in [0.15, 0.2) is 0 Å². The van der Waals surface area contributed by atoms with Crippen molar-refractivity contribution in [2.75, 3.05) is 5.32 Å². The van der Waals surface area contributed by atoms with Gasteiger partial charge in [-0.1, -0.05) is 78.9 Å². The van der Waals surface area contributed by atoms with Crippen LogP contribution in [0.4, 0.5) is 18.9 Å². The van der Waals surface area contributed by atoms with Gasteiger partial charge in [-0.2, -0.15) is 13.2 Å². The number of nitrogens with two attached hydrogens (primary N) is 1. The zero-order valence-electron chi connectivity index (χ0n) is 20.1. The third-order valence-electron chi connectivity index (χ3n) is 6.22. The second kappa shape index (κ2) is 11.3. The molecule has 0 aliphatic carbocycles. The Kier molecular flexibility index (Phi) is 7.90. The highest BCUT2D eigenvalue weighted by molar-refractivity contribution is 6.19. The number of hydrogen-bond acceptors (Lipinski definition) is 4. The van der Waals surface area contributed by atoms with Crippen molar-refractivity contribution in [1.82, 2.24) is 5.32 Å². The lowest BCUT2D eigenvalue weighted by Gasteiger charge is -2.26. The Labute approximate surface area is 217 Å². The fraction of sp³-hybridized carbons (Fsp3) is 0.214. The predicted octanol–water partition coefficient (Wildman–Crippen LogP) is 4.15. The van der Waals surface area contributed by atoms with Gasteiger partial charge in [0.1, 0.15) is 0 Å². The monoisotopic (exact) mass is 522 g/mol. The number of nitrogens with one attached hydrogen (secondary N) is 2. The molecule has 0 spiro atoms. The Morgan fingerprint density at radius 1 is 0.947 bits per heavy atom. The van der Waals surface area contributed by atoms with E-state index in [4.69, 9.17) is 5.73 Å². The van der Waals surface area contributed by atoms with E-state index >= 15 is 0 Å². The van der Waals surface area contributed by atoms with Crippen molar-refractivity contribution < 1.29 is 27.6 Å². The number of carbonyl (C=O) groups is 3. The summed E-state index contributed by atoms with van der Waals surface area (Å²) in [6, 6.07) is 23.9. The van der Waals surface area contributed by atoms with Gasteiger partial charge in [0.25, 0.3) is 5.91 Å². The summed E-state index contributed by atoms with van der Waals surface area (Å²) in [6.07, 6.45) is -7.96. The summed E-state index contributed by atoms with van der Waals surface area (Å²) in [5.74, 6) is -5.38. The van der Waals surface area contributed by atoms with Gasteiger partial charge in [0.2, 0.25) is 18.0 Å². The molecule has 0 saturated carbocycles. The standard InChI is InChI=1S/C28H25F3N4O3/c29-28(30,31)16-15-20(24(32)36)22(17-9-3-1-4-10-17)26(37)35-25-27(38)33-21-14-8-7-13-19(21)23(34-25)18-11-5-2-6-12-18/h1-14,20,22,25H,15-16H2,(H2,32,36)(H,33,38)(H,35,37)/t20-,22+,25-/m1/s1. The SMILES string of the molecule is NC(=O)[C@H](CCC(F)(F)F)[C@@H](C(=O)N[C@H]1N=C(c2ccccc2)c2ccccc2NC1=O)c1ccccc1. The molecule has 0 aromatic heterocycles. The molecule has 1 heterocycles. The predicted molar refractivity (Wildman–Crippen MR) is 136 cm³/mol. The lowest BCUT2D eigenvalue weighted by atomic mass is 9.81. The van der Waals surface area contributed by atoms with Crippen molar-refractivity contribution >= 4 is 29.1 Å². The molecule has 1 aliphatic heterocycles. The van der Waals surface area contributed by atoms with E-state index in [-0.39, 0.29) is 0 Å². The molecule has 0 fully saturated rings. The lowest BCUT2D eigenvalue weighted by Crippen LogP contribution is -2.47. The Balaban J connectivity index is 1.72. The summed E-state index contributed by atoms with van der Waals surface area (Å²) >= 11 is 0. The van der Waals surface area contributed by atoms with Gasteiger partial charge >= 0.3 is 6.18 Å². The summed E-state index contributed by atoms with van der Waals surface area (Å²) in [4.78, 5) is 43.6. The average molecular weight is 523 g/mol. The number of halogens is 3. The quantitative estimate of drug-likeness (QED) is 0.413. The molecule has 0 bridgehead atoms. The van der Waals surface area contributed by atoms with Gasteiger partial charge in [-0.3, -0.25) is 14.4 Å². The van der Waals surface area contributed by atoms with Crippen molar-refractivity contribution in [2.45, 2.75) is 31.1 Å². The molecule has 0 unspecified atom stereocenters. The van der Waals surface area contributed by atoms with E-state index in [0.29, 0.717) is 28.1 Å². The minimum atomic E-state index is -4.55. The van der Waals surface area contributed by atoms with Gasteiger partial charge in [0, 0.05) is 17.5 Å². The number of hydrogen-bond donors (Lipinski definition) is 3. The van der Waals surface area contributed by atoms with Crippen molar-refractivity contribution in [3.8, 4) is 0 Å². The van der Waals surface area contributed by atoms with E-state index in [1.165, 1.54) is 12.1 Å². The van der Waals surface area contributed by atoms with Crippen LogP contribution in [-0.4, -0.2) is 35.8 Å². The summed E-state index contributed by atoms with van der Waals surface area (Å²) in [5, 5.41) is 5.29. The normalized spacial score (nSPS) is 16.8. The second-order valence-corrected chi connectivity index (χ2v) is 8.84. The Morgan fingerprint density at radius 3 is 2.18 bits per heavy atom. The van der Waals surface area contributed by atoms with Crippen LogP contribution < -0.4 is 16.4 Å². The molecular weight excluding hydrogens is 497 g/mol. The first-order valence-corrected chi connectivity index (χ1v) is 11.9. The topological polar surface area (TPSA) is 114 Å². The molecule has 3 aromatic rings. The van der Waals surface area contributed by atoms with E-state index in [1.54, 1.807) is 66.7 Å². The van der Waals surface area contributed by atoms with Crippen molar-refractivity contribution in [2.24, 2.45) is 16.6 Å². The van der Waals surface area contributed by atoms with E-state index in [2.05, 4.69) is 15.6 Å². The lowest BCUT2D eigenvalue weighted by molar-refractivity contribution is -0.143. The first-order chi connectivity index (χ1) is 18.1. The van der Waals surface area contributed by atoms with E-state index in [9.17, 15) is 27.6 Å². The number of para-hydroxylation sites is 1. The molecule has 3 aromatic carbocycles. The van der Waals surface area contributed by atoms with Crippen LogP contribution in [0, 0.1) is 5.92 Å². The van der Waals surface area contributed by atoms with Gasteiger partial charge in [0.05, 0.1) is 23.2 Å². The fourth-order valence-electron chi connectivity index (χ4n) is 4.42. The number of amides is 3. The van der Waals surface area contributed by atoms with Gasteiger partial charge in [-0.25, -0.2) is 4.99 Å². The molecule has 4 rings (SSSR count). The third kappa shape index (κ3) is 6.26. The van der Waals surface area contributed by atoms with Crippen LogP contribution >= 0.6 is 0 Å². The van der Waals surface area contributed by atoms with Crippen LogP contribution in [0.2, 0.25) is 0 Å². The second-order valence-electron chi connectivity index (χ2n) is 8.84. The number of benzene rings is 3. The summed E-state index contributed by atoms with van der Waals surface area (Å²) in [6.45, 7) is 0.